The fourth-order valence-electron chi connectivity index (χ4n) is 5.41. The van der Waals surface area contributed by atoms with Gasteiger partial charge < -0.3 is 24.8 Å². The number of hydrogen-bond acceptors (Lipinski definition) is 9. The minimum Gasteiger partial charge on any atom is -0.509 e. The van der Waals surface area contributed by atoms with E-state index in [1.165, 1.54) is 6.07 Å². The van der Waals surface area contributed by atoms with Crippen LogP contribution in [0.3, 0.4) is 0 Å². The van der Waals surface area contributed by atoms with E-state index >= 15 is 0 Å². The third-order valence-corrected chi connectivity index (χ3v) is 6.74. The number of likely N-dealkylation sites (N-methyl/N-ethyl adjacent to an activating group) is 1. The van der Waals surface area contributed by atoms with Gasteiger partial charge in [0.25, 0.3) is 0 Å². The summed E-state index contributed by atoms with van der Waals surface area (Å²) >= 11 is 0. The molecule has 0 radical (unpaired) electrons. The molecule has 3 N–H and O–H groups in total. The summed E-state index contributed by atoms with van der Waals surface area (Å²) in [7, 11) is 4.32. The van der Waals surface area contributed by atoms with Crippen LogP contribution in [0.4, 0.5) is 4.79 Å². The number of hydrogen-bond donors (Lipinski definition) is 3. The van der Waals surface area contributed by atoms with Crippen LogP contribution in [0.5, 0.6) is 5.75 Å². The number of carbonyl (C=O) groups excluding carboxylic acids is 3. The van der Waals surface area contributed by atoms with Gasteiger partial charge in [-0.05, 0) is 44.5 Å². The number of methoxy groups -OCH3 is 1. The Labute approximate surface area is 189 Å². The Balaban J connectivity index is 2.03. The molecule has 0 bridgehead atoms. The van der Waals surface area contributed by atoms with Gasteiger partial charge in [0.15, 0.2) is 11.5 Å². The molecule has 0 amide bonds. The monoisotopic (exact) mass is 453 g/mol. The number of aromatic hydroxyl groups is 1. The van der Waals surface area contributed by atoms with Crippen molar-refractivity contribution in [2.24, 2.45) is 11.8 Å². The van der Waals surface area contributed by atoms with Crippen LogP contribution in [0.1, 0.15) is 22.3 Å². The number of aliphatic hydroxyl groups is 2. The quantitative estimate of drug-likeness (QED) is 0.454. The van der Waals surface area contributed by atoms with E-state index in [0.29, 0.717) is 12.0 Å². The van der Waals surface area contributed by atoms with Crippen LogP contribution in [0.25, 0.3) is 0 Å². The van der Waals surface area contributed by atoms with Crippen molar-refractivity contribution >= 4 is 17.7 Å². The summed E-state index contributed by atoms with van der Waals surface area (Å²) in [6.45, 7) is 0. The highest BCUT2D eigenvalue weighted by Gasteiger charge is 2.66. The topological polar surface area (TPSA) is 134 Å². The molecule has 0 fully saturated rings. The molecule has 172 valence electrons. The first kappa shape index (κ1) is 22.4. The van der Waals surface area contributed by atoms with Gasteiger partial charge in [0.05, 0.1) is 18.7 Å². The lowest BCUT2D eigenvalue weighted by atomic mass is 9.58. The number of nitrogens with zero attached hydrogens (tertiary/aromatic N) is 1. The van der Waals surface area contributed by atoms with Gasteiger partial charge in [0, 0.05) is 11.5 Å². The largest absolute Gasteiger partial charge is 0.509 e. The molecule has 3 aliphatic carbocycles. The summed E-state index contributed by atoms with van der Waals surface area (Å²) in [5.41, 5.74) is -2.36. The number of aliphatic hydroxyl groups excluding tert-OH is 2. The first-order chi connectivity index (χ1) is 15.6. The molecule has 3 aliphatic rings. The van der Waals surface area contributed by atoms with Crippen molar-refractivity contribution in [3.05, 3.63) is 52.0 Å². The number of carbonyl (C=O) groups is 3. The molecule has 1 aromatic carbocycles. The van der Waals surface area contributed by atoms with E-state index in [0.717, 1.165) is 7.11 Å². The molecule has 4 rings (SSSR count). The minimum atomic E-state index is -2.38. The maximum atomic E-state index is 13.6. The Kier molecular flexibility index (Phi) is 5.21. The van der Waals surface area contributed by atoms with Gasteiger partial charge in [-0.25, -0.2) is 4.79 Å². The number of rotatable bonds is 2. The molecular formula is C24H23NO8. The molecule has 0 aromatic heterocycles. The van der Waals surface area contributed by atoms with E-state index in [1.807, 2.05) is 0 Å². The molecule has 0 saturated heterocycles. The van der Waals surface area contributed by atoms with Crippen LogP contribution >= 0.6 is 0 Å². The van der Waals surface area contributed by atoms with Crippen LogP contribution in [-0.4, -0.2) is 70.8 Å². The average molecular weight is 453 g/mol. The molecule has 0 saturated carbocycles. The summed E-state index contributed by atoms with van der Waals surface area (Å²) in [5.74, 6) is -2.48. The van der Waals surface area contributed by atoms with Gasteiger partial charge >= 0.3 is 6.16 Å². The Bertz CT molecular complexity index is 1190. The Morgan fingerprint density at radius 1 is 1.24 bits per heavy atom. The lowest BCUT2D eigenvalue weighted by molar-refractivity contribution is -0.151. The molecule has 9 heteroatoms. The summed E-state index contributed by atoms with van der Waals surface area (Å²) in [6.07, 6.45) is 4.64. The first-order valence-electron chi connectivity index (χ1n) is 10.3. The summed E-state index contributed by atoms with van der Waals surface area (Å²) < 4.78 is 10.0. The average Bonchev–Trinajstić information content (AvgIpc) is 2.75. The van der Waals surface area contributed by atoms with Crippen molar-refractivity contribution in [2.75, 3.05) is 21.2 Å². The van der Waals surface area contributed by atoms with Gasteiger partial charge in [-0.15, -0.1) is 6.42 Å². The second kappa shape index (κ2) is 7.67. The van der Waals surface area contributed by atoms with E-state index < -0.39 is 52.5 Å². The van der Waals surface area contributed by atoms with Gasteiger partial charge in [-0.3, -0.25) is 14.5 Å². The normalized spacial score (nSPS) is 28.6. The van der Waals surface area contributed by atoms with Gasteiger partial charge in [-0.2, -0.15) is 0 Å². The van der Waals surface area contributed by atoms with Crippen molar-refractivity contribution < 1.29 is 39.2 Å². The number of fused-ring (bicyclic) bond motifs is 3. The van der Waals surface area contributed by atoms with Crippen LogP contribution in [0, 0.1) is 24.2 Å². The minimum absolute atomic E-state index is 0.0185. The van der Waals surface area contributed by atoms with Crippen molar-refractivity contribution in [3.63, 3.8) is 0 Å². The maximum Gasteiger partial charge on any atom is 0.509 e. The molecule has 33 heavy (non-hydrogen) atoms. The van der Waals surface area contributed by atoms with Crippen molar-refractivity contribution in [3.8, 4) is 18.1 Å². The first-order valence-corrected chi connectivity index (χ1v) is 10.3. The van der Waals surface area contributed by atoms with Crippen molar-refractivity contribution in [1.82, 2.24) is 4.90 Å². The predicted octanol–water partition coefficient (Wildman–Crippen LogP) is 2.06. The number of terminal acetylenes is 1. The predicted molar refractivity (Wildman–Crippen MR) is 115 cm³/mol. The molecule has 9 nitrogen and oxygen atoms in total. The number of allylic oxidation sites excluding steroid dienone is 1. The van der Waals surface area contributed by atoms with Gasteiger partial charge in [-0.1, -0.05) is 18.1 Å². The fraction of sp³-hybridized carbons (Fsp3) is 0.375. The van der Waals surface area contributed by atoms with Crippen LogP contribution in [-0.2, 0) is 20.7 Å². The Morgan fingerprint density at radius 2 is 1.94 bits per heavy atom. The molecule has 0 aliphatic heterocycles. The van der Waals surface area contributed by atoms with E-state index in [2.05, 4.69) is 10.7 Å². The SMILES string of the molecule is C#CC1=C(O)[C@@H](N(C)C)[C@@H]2C[C@@H]3Cc4cccc(O)c4C(=O)C3=C(O)[C@]2(OC(=O)OC)C1=O. The van der Waals surface area contributed by atoms with Crippen molar-refractivity contribution in [2.45, 2.75) is 24.5 Å². The van der Waals surface area contributed by atoms with Crippen LogP contribution < -0.4 is 0 Å². The van der Waals surface area contributed by atoms with Gasteiger partial charge in [0.1, 0.15) is 17.1 Å². The fourth-order valence-corrected chi connectivity index (χ4v) is 5.41. The highest BCUT2D eigenvalue weighted by Crippen LogP contribution is 2.53. The van der Waals surface area contributed by atoms with E-state index in [1.54, 1.807) is 31.1 Å². The number of phenolic OH excluding ortho intramolecular Hbond substituents is 1. The molecule has 1 aromatic rings. The number of benzene rings is 1. The Hall–Kier alpha value is -3.77. The highest BCUT2D eigenvalue weighted by atomic mass is 16.7. The lowest BCUT2D eigenvalue weighted by Crippen LogP contribution is -2.64. The smallest absolute Gasteiger partial charge is 0.509 e. The maximum absolute atomic E-state index is 13.6. The second-order valence-corrected chi connectivity index (χ2v) is 8.58. The third-order valence-electron chi connectivity index (χ3n) is 6.74. The molecular weight excluding hydrogens is 430 g/mol. The number of phenols is 1. The Morgan fingerprint density at radius 3 is 2.55 bits per heavy atom. The molecule has 0 heterocycles. The van der Waals surface area contributed by atoms with Crippen LogP contribution in [0.2, 0.25) is 0 Å². The number of ketones is 2. The van der Waals surface area contributed by atoms with E-state index in [9.17, 15) is 29.7 Å². The lowest BCUT2D eigenvalue weighted by Gasteiger charge is -2.51. The van der Waals surface area contributed by atoms with Crippen molar-refractivity contribution in [1.29, 1.82) is 0 Å². The molecule has 0 unspecified atom stereocenters. The van der Waals surface area contributed by atoms with E-state index in [-0.39, 0.29) is 29.1 Å². The van der Waals surface area contributed by atoms with Gasteiger partial charge in [0.2, 0.25) is 11.4 Å². The summed E-state index contributed by atoms with van der Waals surface area (Å²) in [6, 6.07) is 3.77. The zero-order chi connectivity index (χ0) is 24.2. The molecule has 4 atom stereocenters. The van der Waals surface area contributed by atoms with Crippen LogP contribution in [0.15, 0.2) is 40.9 Å². The molecule has 0 spiro atoms. The van der Waals surface area contributed by atoms with E-state index in [4.69, 9.17) is 11.2 Å². The number of ether oxygens (including phenoxy) is 2. The number of Topliss-reactive ketones (excluding diaryl/α,β-unsaturated/α-hetero) is 2. The zero-order valence-electron chi connectivity index (χ0n) is 18.3. The summed E-state index contributed by atoms with van der Waals surface area (Å²) in [5, 5.41) is 32.6. The standard InChI is InChI=1S/C24H23NO8/c1-5-13-19(27)18(25(2)3)14-10-12-9-11-7-6-8-15(26)16(11)20(28)17(12)22(30)24(14,21(13)29)33-23(31)32-4/h1,6-8,12,14,18,26-27,30H,9-10H2,2-4H3/t12-,14-,18-,24+/m0/s1. The zero-order valence-corrected chi connectivity index (χ0v) is 18.3. The second-order valence-electron chi connectivity index (χ2n) is 8.58. The third kappa shape index (κ3) is 2.94. The highest BCUT2D eigenvalue weighted by molar-refractivity contribution is 6.16. The summed E-state index contributed by atoms with van der Waals surface area (Å²) in [4.78, 5) is 40.9.